The predicted molar refractivity (Wildman–Crippen MR) is 70.1 cm³/mol. The van der Waals surface area contributed by atoms with Gasteiger partial charge in [-0.3, -0.25) is 0 Å². The van der Waals surface area contributed by atoms with Crippen LogP contribution in [0.5, 0.6) is 0 Å². The number of benzene rings is 1. The normalized spacial score (nSPS) is 12.4. The van der Waals surface area contributed by atoms with Crippen molar-refractivity contribution in [2.24, 2.45) is 16.8 Å². The van der Waals surface area contributed by atoms with Crippen LogP contribution in [0.15, 0.2) is 29.4 Å². The molecule has 0 fully saturated rings. The van der Waals surface area contributed by atoms with Gasteiger partial charge in [0.05, 0.1) is 0 Å². The van der Waals surface area contributed by atoms with E-state index in [0.29, 0.717) is 5.92 Å². The summed E-state index contributed by atoms with van der Waals surface area (Å²) in [5, 5.41) is 11.6. The van der Waals surface area contributed by atoms with Gasteiger partial charge in [-0.05, 0) is 24.6 Å². The first-order valence-corrected chi connectivity index (χ1v) is 5.78. The molecule has 0 bridgehead atoms. The van der Waals surface area contributed by atoms with Crippen LogP contribution >= 0.6 is 0 Å². The van der Waals surface area contributed by atoms with E-state index in [9.17, 15) is 0 Å². The summed E-state index contributed by atoms with van der Waals surface area (Å²) in [4.78, 5) is 2.26. The number of nitrogens with zero attached hydrogens (tertiary/aromatic N) is 2. The summed E-state index contributed by atoms with van der Waals surface area (Å²) in [6.07, 6.45) is 0. The molecule has 0 radical (unpaired) electrons. The van der Waals surface area contributed by atoms with Crippen molar-refractivity contribution in [3.05, 3.63) is 35.4 Å². The fourth-order valence-corrected chi connectivity index (χ4v) is 1.89. The van der Waals surface area contributed by atoms with Crippen molar-refractivity contribution >= 4 is 5.84 Å². The minimum Gasteiger partial charge on any atom is -0.409 e. The maximum absolute atomic E-state index is 8.63. The molecule has 0 spiro atoms. The first kappa shape index (κ1) is 13.5. The predicted octanol–water partition coefficient (Wildman–Crippen LogP) is 1.87. The van der Waals surface area contributed by atoms with Gasteiger partial charge in [0.1, 0.15) is 0 Å². The van der Waals surface area contributed by atoms with E-state index in [0.717, 1.165) is 24.2 Å². The van der Waals surface area contributed by atoms with Gasteiger partial charge in [0.25, 0.3) is 0 Å². The van der Waals surface area contributed by atoms with Crippen molar-refractivity contribution in [1.82, 2.24) is 4.90 Å². The van der Waals surface area contributed by atoms with Crippen LogP contribution in [0.1, 0.15) is 25.0 Å². The Hall–Kier alpha value is -1.55. The molecule has 94 valence electrons. The van der Waals surface area contributed by atoms with Gasteiger partial charge in [-0.15, -0.1) is 0 Å². The van der Waals surface area contributed by atoms with Crippen LogP contribution in [0, 0.1) is 5.92 Å². The Balaban J connectivity index is 2.72. The zero-order chi connectivity index (χ0) is 12.8. The van der Waals surface area contributed by atoms with E-state index in [4.69, 9.17) is 10.9 Å². The average Bonchev–Trinajstić information content (AvgIpc) is 2.27. The van der Waals surface area contributed by atoms with Crippen molar-refractivity contribution in [1.29, 1.82) is 0 Å². The molecule has 4 heteroatoms. The molecule has 0 atom stereocenters. The lowest BCUT2D eigenvalue weighted by molar-refractivity contribution is 0.288. The molecule has 17 heavy (non-hydrogen) atoms. The molecule has 4 nitrogen and oxygen atoms in total. The summed E-state index contributed by atoms with van der Waals surface area (Å²) in [6.45, 7) is 6.31. The Morgan fingerprint density at radius 1 is 1.47 bits per heavy atom. The van der Waals surface area contributed by atoms with E-state index >= 15 is 0 Å². The van der Waals surface area contributed by atoms with Crippen LogP contribution in [0.2, 0.25) is 0 Å². The molecular formula is C13H21N3O. The van der Waals surface area contributed by atoms with E-state index in [-0.39, 0.29) is 5.84 Å². The minimum absolute atomic E-state index is 0.151. The lowest BCUT2D eigenvalue weighted by atomic mass is 10.1. The molecule has 1 aromatic rings. The van der Waals surface area contributed by atoms with E-state index in [1.165, 1.54) is 0 Å². The second-order valence-electron chi connectivity index (χ2n) is 4.78. The monoisotopic (exact) mass is 235 g/mol. The van der Waals surface area contributed by atoms with Crippen molar-refractivity contribution < 1.29 is 5.21 Å². The second kappa shape index (κ2) is 6.25. The van der Waals surface area contributed by atoms with E-state index < -0.39 is 0 Å². The summed E-state index contributed by atoms with van der Waals surface area (Å²) in [5.41, 5.74) is 7.48. The maximum Gasteiger partial charge on any atom is 0.170 e. The molecule has 0 unspecified atom stereocenters. The molecule has 0 saturated heterocycles. The zero-order valence-electron chi connectivity index (χ0n) is 10.7. The van der Waals surface area contributed by atoms with Crippen LogP contribution in [-0.4, -0.2) is 29.5 Å². The highest BCUT2D eigenvalue weighted by molar-refractivity contribution is 5.97. The lowest BCUT2D eigenvalue weighted by Gasteiger charge is -2.19. The number of oxime groups is 1. The third kappa shape index (κ3) is 4.44. The highest BCUT2D eigenvalue weighted by Crippen LogP contribution is 2.08. The standard InChI is InChI=1S/C13H21N3O/c1-10(2)8-16(3)9-11-5-4-6-12(7-11)13(14)15-17/h4-7,10,17H,8-9H2,1-3H3,(H2,14,15). The first-order chi connectivity index (χ1) is 8.02. The van der Waals surface area contributed by atoms with Crippen LogP contribution in [-0.2, 0) is 6.54 Å². The number of hydrogen-bond acceptors (Lipinski definition) is 3. The van der Waals surface area contributed by atoms with Gasteiger partial charge >= 0.3 is 0 Å². The van der Waals surface area contributed by atoms with E-state index in [1.54, 1.807) is 0 Å². The van der Waals surface area contributed by atoms with Crippen LogP contribution in [0.3, 0.4) is 0 Å². The number of rotatable bonds is 5. The Labute approximate surface area is 103 Å². The van der Waals surface area contributed by atoms with Gasteiger partial charge < -0.3 is 15.8 Å². The summed E-state index contributed by atoms with van der Waals surface area (Å²) in [5.74, 6) is 0.797. The maximum atomic E-state index is 8.63. The zero-order valence-corrected chi connectivity index (χ0v) is 10.7. The molecule has 1 rings (SSSR count). The van der Waals surface area contributed by atoms with Gasteiger partial charge in [0, 0.05) is 18.7 Å². The van der Waals surface area contributed by atoms with Gasteiger partial charge in [-0.2, -0.15) is 0 Å². The summed E-state index contributed by atoms with van der Waals surface area (Å²) >= 11 is 0. The number of amidine groups is 1. The highest BCUT2D eigenvalue weighted by atomic mass is 16.4. The minimum atomic E-state index is 0.151. The molecule has 0 heterocycles. The number of nitrogens with two attached hydrogens (primary N) is 1. The van der Waals surface area contributed by atoms with E-state index in [1.807, 2.05) is 24.3 Å². The molecule has 0 aromatic heterocycles. The second-order valence-corrected chi connectivity index (χ2v) is 4.78. The van der Waals surface area contributed by atoms with Crippen molar-refractivity contribution in [2.45, 2.75) is 20.4 Å². The molecule has 1 aromatic carbocycles. The Morgan fingerprint density at radius 2 is 2.18 bits per heavy atom. The Morgan fingerprint density at radius 3 is 2.76 bits per heavy atom. The smallest absolute Gasteiger partial charge is 0.170 e. The third-order valence-corrected chi connectivity index (χ3v) is 2.46. The van der Waals surface area contributed by atoms with Crippen molar-refractivity contribution in [3.8, 4) is 0 Å². The molecule has 0 aliphatic heterocycles. The molecule has 0 aliphatic rings. The quantitative estimate of drug-likeness (QED) is 0.354. The Bertz CT molecular complexity index is 388. The van der Waals surface area contributed by atoms with Crippen molar-refractivity contribution in [2.75, 3.05) is 13.6 Å². The number of hydrogen-bond donors (Lipinski definition) is 2. The third-order valence-electron chi connectivity index (χ3n) is 2.46. The molecule has 3 N–H and O–H groups in total. The first-order valence-electron chi connectivity index (χ1n) is 5.78. The largest absolute Gasteiger partial charge is 0.409 e. The van der Waals surface area contributed by atoms with E-state index in [2.05, 4.69) is 31.0 Å². The summed E-state index contributed by atoms with van der Waals surface area (Å²) in [6, 6.07) is 7.75. The molecular weight excluding hydrogens is 214 g/mol. The fourth-order valence-electron chi connectivity index (χ4n) is 1.89. The SMILES string of the molecule is CC(C)CN(C)Cc1cccc(/C(N)=N/O)c1. The van der Waals surface area contributed by atoms with Gasteiger partial charge in [-0.25, -0.2) is 0 Å². The van der Waals surface area contributed by atoms with Gasteiger partial charge in [-0.1, -0.05) is 37.2 Å². The molecule has 0 amide bonds. The summed E-state index contributed by atoms with van der Waals surface area (Å²) in [7, 11) is 2.09. The van der Waals surface area contributed by atoms with Gasteiger partial charge in [0.2, 0.25) is 0 Å². The lowest BCUT2D eigenvalue weighted by Crippen LogP contribution is -2.23. The van der Waals surface area contributed by atoms with Crippen molar-refractivity contribution in [3.63, 3.8) is 0 Å². The topological polar surface area (TPSA) is 61.8 Å². The van der Waals surface area contributed by atoms with Gasteiger partial charge in [0.15, 0.2) is 5.84 Å². The molecule has 0 saturated carbocycles. The average molecular weight is 235 g/mol. The highest BCUT2D eigenvalue weighted by Gasteiger charge is 2.05. The van der Waals surface area contributed by atoms with Crippen LogP contribution in [0.25, 0.3) is 0 Å². The van der Waals surface area contributed by atoms with Crippen LogP contribution in [0.4, 0.5) is 0 Å². The molecule has 0 aliphatic carbocycles. The summed E-state index contributed by atoms with van der Waals surface area (Å²) < 4.78 is 0. The fraction of sp³-hybridized carbons (Fsp3) is 0.462. The Kier molecular flexibility index (Phi) is 4.97. The van der Waals surface area contributed by atoms with Crippen LogP contribution < -0.4 is 5.73 Å².